The smallest absolute Gasteiger partial charge is 0.115 e. The van der Waals surface area contributed by atoms with Crippen molar-refractivity contribution >= 4 is 0 Å². The molecule has 0 aliphatic rings. The van der Waals surface area contributed by atoms with Gasteiger partial charge >= 0.3 is 0 Å². The van der Waals surface area contributed by atoms with Crippen LogP contribution in [-0.2, 0) is 6.61 Å². The Labute approximate surface area is 72.5 Å². The van der Waals surface area contributed by atoms with Gasteiger partial charge in [0, 0.05) is 0 Å². The summed E-state index contributed by atoms with van der Waals surface area (Å²) in [5, 5.41) is 18.1. The van der Waals surface area contributed by atoms with Gasteiger partial charge in [0.2, 0.25) is 0 Å². The monoisotopic (exact) mass is 166 g/mol. The Morgan fingerprint density at radius 3 is 2.50 bits per heavy atom. The lowest BCUT2D eigenvalue weighted by Crippen LogP contribution is -1.95. The Kier molecular flexibility index (Phi) is 2.71. The van der Waals surface area contributed by atoms with Crippen LogP contribution in [0.3, 0.4) is 0 Å². The molecule has 0 spiro atoms. The third-order valence-corrected chi connectivity index (χ3v) is 1.92. The molecule has 12 heavy (non-hydrogen) atoms. The molecule has 0 saturated carbocycles. The minimum absolute atomic E-state index is 0.0120. The van der Waals surface area contributed by atoms with E-state index in [-0.39, 0.29) is 12.4 Å². The molecule has 1 aromatic carbocycles. The lowest BCUT2D eigenvalue weighted by atomic mass is 9.97. The molecule has 0 aromatic heterocycles. The Balaban J connectivity index is 3.11. The third kappa shape index (κ3) is 1.77. The van der Waals surface area contributed by atoms with E-state index in [1.54, 1.807) is 12.1 Å². The second-order valence-electron chi connectivity index (χ2n) is 3.20. The normalized spacial score (nSPS) is 10.7. The van der Waals surface area contributed by atoms with Crippen LogP contribution in [0.4, 0.5) is 0 Å². The molecule has 0 aliphatic heterocycles. The highest BCUT2D eigenvalue weighted by atomic mass is 16.3. The van der Waals surface area contributed by atoms with Crippen LogP contribution in [-0.4, -0.2) is 10.2 Å². The first-order chi connectivity index (χ1) is 5.65. The molecule has 2 N–H and O–H groups in total. The highest BCUT2D eigenvalue weighted by molar-refractivity contribution is 5.36. The fourth-order valence-electron chi connectivity index (χ4n) is 1.29. The molecule has 66 valence electrons. The van der Waals surface area contributed by atoms with Crippen LogP contribution in [0, 0.1) is 0 Å². The van der Waals surface area contributed by atoms with Gasteiger partial charge < -0.3 is 10.2 Å². The molecule has 0 aliphatic carbocycles. The summed E-state index contributed by atoms with van der Waals surface area (Å²) in [4.78, 5) is 0. The van der Waals surface area contributed by atoms with Crippen LogP contribution in [0.1, 0.15) is 30.9 Å². The molecule has 1 aromatic rings. The maximum Gasteiger partial charge on any atom is 0.115 e. The van der Waals surface area contributed by atoms with Gasteiger partial charge in [-0.05, 0) is 29.2 Å². The Hall–Kier alpha value is -1.02. The van der Waals surface area contributed by atoms with Gasteiger partial charge in [-0.2, -0.15) is 0 Å². The molecule has 1 rings (SSSR count). The molecular weight excluding hydrogens is 152 g/mol. The van der Waals surface area contributed by atoms with Crippen molar-refractivity contribution in [3.8, 4) is 5.75 Å². The van der Waals surface area contributed by atoms with Gasteiger partial charge in [0.1, 0.15) is 5.75 Å². The summed E-state index contributed by atoms with van der Waals surface area (Å²) in [6, 6.07) is 5.11. The number of phenolic OH excluding ortho intramolecular Hbond substituents is 1. The lowest BCUT2D eigenvalue weighted by Gasteiger charge is -2.10. The predicted molar refractivity (Wildman–Crippen MR) is 48.1 cm³/mol. The van der Waals surface area contributed by atoms with Crippen molar-refractivity contribution in [2.75, 3.05) is 0 Å². The molecule has 0 fully saturated rings. The number of rotatable bonds is 2. The zero-order valence-electron chi connectivity index (χ0n) is 7.41. The van der Waals surface area contributed by atoms with Crippen molar-refractivity contribution in [1.82, 2.24) is 0 Å². The van der Waals surface area contributed by atoms with E-state index in [0.29, 0.717) is 5.92 Å². The second kappa shape index (κ2) is 3.59. The molecular formula is C10H14O2. The fraction of sp³-hybridized carbons (Fsp3) is 0.400. The number of aliphatic hydroxyl groups excluding tert-OH is 1. The van der Waals surface area contributed by atoms with Crippen LogP contribution in [0.25, 0.3) is 0 Å². The SMILES string of the molecule is CC(C)c1ccc(O)cc1CO. The maximum atomic E-state index is 9.14. The Morgan fingerprint density at radius 1 is 1.33 bits per heavy atom. The number of aromatic hydroxyl groups is 1. The van der Waals surface area contributed by atoms with Crippen LogP contribution in [0.15, 0.2) is 18.2 Å². The van der Waals surface area contributed by atoms with E-state index in [4.69, 9.17) is 10.2 Å². The third-order valence-electron chi connectivity index (χ3n) is 1.92. The van der Waals surface area contributed by atoms with Crippen LogP contribution in [0.5, 0.6) is 5.75 Å². The first kappa shape index (κ1) is 9.07. The zero-order valence-corrected chi connectivity index (χ0v) is 7.41. The minimum atomic E-state index is -0.0120. The molecule has 0 amide bonds. The average molecular weight is 166 g/mol. The van der Waals surface area contributed by atoms with E-state index in [9.17, 15) is 0 Å². The van der Waals surface area contributed by atoms with Crippen LogP contribution in [0.2, 0.25) is 0 Å². The summed E-state index contributed by atoms with van der Waals surface area (Å²) in [7, 11) is 0. The number of hydrogen-bond donors (Lipinski definition) is 2. The highest BCUT2D eigenvalue weighted by Crippen LogP contribution is 2.23. The standard InChI is InChI=1S/C10H14O2/c1-7(2)10-4-3-9(12)5-8(10)6-11/h3-5,7,11-12H,6H2,1-2H3. The summed E-state index contributed by atoms with van der Waals surface area (Å²) < 4.78 is 0. The van der Waals surface area contributed by atoms with Gasteiger partial charge in [-0.1, -0.05) is 19.9 Å². The van der Waals surface area contributed by atoms with Crippen molar-refractivity contribution < 1.29 is 10.2 Å². The van der Waals surface area contributed by atoms with E-state index in [2.05, 4.69) is 13.8 Å². The lowest BCUT2D eigenvalue weighted by molar-refractivity contribution is 0.279. The van der Waals surface area contributed by atoms with Crippen molar-refractivity contribution in [1.29, 1.82) is 0 Å². The molecule has 2 nitrogen and oxygen atoms in total. The summed E-state index contributed by atoms with van der Waals surface area (Å²) in [6.45, 7) is 4.11. The van der Waals surface area contributed by atoms with Gasteiger partial charge in [-0.25, -0.2) is 0 Å². The topological polar surface area (TPSA) is 40.5 Å². The first-order valence-electron chi connectivity index (χ1n) is 4.07. The average Bonchev–Trinajstić information content (AvgIpc) is 2.03. The molecule has 0 unspecified atom stereocenters. The van der Waals surface area contributed by atoms with Crippen molar-refractivity contribution in [2.24, 2.45) is 0 Å². The van der Waals surface area contributed by atoms with E-state index in [1.165, 1.54) is 0 Å². The maximum absolute atomic E-state index is 9.14. The summed E-state index contributed by atoms with van der Waals surface area (Å²) >= 11 is 0. The summed E-state index contributed by atoms with van der Waals surface area (Å²) in [5.74, 6) is 0.594. The number of benzene rings is 1. The van der Waals surface area contributed by atoms with E-state index in [1.807, 2.05) is 6.07 Å². The van der Waals surface area contributed by atoms with E-state index in [0.717, 1.165) is 11.1 Å². The predicted octanol–water partition coefficient (Wildman–Crippen LogP) is 2.01. The molecule has 0 atom stereocenters. The quantitative estimate of drug-likeness (QED) is 0.705. The molecule has 2 heteroatoms. The van der Waals surface area contributed by atoms with Gasteiger partial charge in [0.05, 0.1) is 6.61 Å². The number of hydrogen-bond acceptors (Lipinski definition) is 2. The molecule has 0 heterocycles. The summed E-state index contributed by atoms with van der Waals surface area (Å²) in [6.07, 6.45) is 0. The van der Waals surface area contributed by atoms with Crippen molar-refractivity contribution in [3.63, 3.8) is 0 Å². The zero-order chi connectivity index (χ0) is 9.14. The van der Waals surface area contributed by atoms with Gasteiger partial charge in [-0.3, -0.25) is 0 Å². The first-order valence-corrected chi connectivity index (χ1v) is 4.07. The highest BCUT2D eigenvalue weighted by Gasteiger charge is 2.05. The van der Waals surface area contributed by atoms with E-state index >= 15 is 0 Å². The van der Waals surface area contributed by atoms with Crippen LogP contribution < -0.4 is 0 Å². The van der Waals surface area contributed by atoms with Crippen molar-refractivity contribution in [2.45, 2.75) is 26.4 Å². The van der Waals surface area contributed by atoms with Crippen LogP contribution >= 0.6 is 0 Å². The Morgan fingerprint density at radius 2 is 2.00 bits per heavy atom. The number of aliphatic hydroxyl groups is 1. The van der Waals surface area contributed by atoms with Gasteiger partial charge in [0.25, 0.3) is 0 Å². The molecule has 0 bridgehead atoms. The fourth-order valence-corrected chi connectivity index (χ4v) is 1.29. The van der Waals surface area contributed by atoms with Gasteiger partial charge in [0.15, 0.2) is 0 Å². The van der Waals surface area contributed by atoms with E-state index < -0.39 is 0 Å². The minimum Gasteiger partial charge on any atom is -0.508 e. The second-order valence-corrected chi connectivity index (χ2v) is 3.20. The Bertz CT molecular complexity index is 267. The van der Waals surface area contributed by atoms with Crippen molar-refractivity contribution in [3.05, 3.63) is 29.3 Å². The molecule has 0 saturated heterocycles. The molecule has 0 radical (unpaired) electrons. The largest absolute Gasteiger partial charge is 0.508 e. The summed E-state index contributed by atoms with van der Waals surface area (Å²) in [5.41, 5.74) is 1.90. The number of phenols is 1. The van der Waals surface area contributed by atoms with Gasteiger partial charge in [-0.15, -0.1) is 0 Å².